The second-order valence-electron chi connectivity index (χ2n) is 13.3. The van der Waals surface area contributed by atoms with Crippen molar-refractivity contribution in [3.05, 3.63) is 212 Å². The second-order valence-corrected chi connectivity index (χ2v) is 13.3. The second kappa shape index (κ2) is 12.5. The molecule has 0 radical (unpaired) electrons. The summed E-state index contributed by atoms with van der Waals surface area (Å²) in [6.07, 6.45) is 0. The Morgan fingerprint density at radius 3 is 1.35 bits per heavy atom. The molecule has 0 aliphatic heterocycles. The summed E-state index contributed by atoms with van der Waals surface area (Å²) < 4.78 is 199. The summed E-state index contributed by atoms with van der Waals surface area (Å²) in [5.41, 5.74) is -1.26. The molecule has 0 N–H and O–H groups in total. The summed E-state index contributed by atoms with van der Waals surface area (Å²) in [6.45, 7) is 0. The summed E-state index contributed by atoms with van der Waals surface area (Å²) in [6, 6.07) is 9.85. The average molecular weight is 747 g/mol. The number of para-hydroxylation sites is 4. The monoisotopic (exact) mass is 746 g/mol. The number of benzene rings is 9. The molecular weight excluding hydrogens is 691 g/mol. The van der Waals surface area contributed by atoms with Gasteiger partial charge in [-0.25, -0.2) is 0 Å². The van der Waals surface area contributed by atoms with Crippen LogP contribution >= 0.6 is 0 Å². The third-order valence-electron chi connectivity index (χ3n) is 10.2. The lowest BCUT2D eigenvalue weighted by Crippen LogP contribution is -1.96. The third-order valence-corrected chi connectivity index (χ3v) is 10.2. The molecule has 0 aliphatic carbocycles. The van der Waals surface area contributed by atoms with Gasteiger partial charge in [0.2, 0.25) is 0 Å². The van der Waals surface area contributed by atoms with Crippen LogP contribution in [0.5, 0.6) is 0 Å². The first-order chi connectivity index (χ1) is 37.1. The summed E-state index contributed by atoms with van der Waals surface area (Å²) in [5.74, 6) is 0. The van der Waals surface area contributed by atoms with Crippen molar-refractivity contribution in [2.45, 2.75) is 0 Å². The van der Waals surface area contributed by atoms with Gasteiger partial charge in [-0.1, -0.05) is 139 Å². The van der Waals surface area contributed by atoms with Crippen molar-refractivity contribution in [2.24, 2.45) is 0 Å². The largest absolute Gasteiger partial charge is 0.309 e. The van der Waals surface area contributed by atoms with Crippen LogP contribution in [0.15, 0.2) is 212 Å². The zero-order valence-corrected chi connectivity index (χ0v) is 29.4. The number of fused-ring (bicyclic) bond motifs is 9. The molecule has 0 fully saturated rings. The Hall–Kier alpha value is -7.62. The van der Waals surface area contributed by atoms with Crippen molar-refractivity contribution in [1.82, 2.24) is 13.7 Å². The fourth-order valence-electron chi connectivity index (χ4n) is 7.64. The minimum Gasteiger partial charge on any atom is -0.309 e. The van der Waals surface area contributed by atoms with Gasteiger partial charge in [-0.15, -0.1) is 0 Å². The minimum atomic E-state index is -0.862. The normalized spacial score (nSPS) is 17.0. The van der Waals surface area contributed by atoms with Crippen molar-refractivity contribution in [3.8, 4) is 39.3 Å². The fraction of sp³-hybridized carbons (Fsp3) is 0. The molecule has 12 rings (SSSR count). The molecule has 3 nitrogen and oxygen atoms in total. The van der Waals surface area contributed by atoms with Crippen LogP contribution in [0.3, 0.4) is 0 Å². The quantitative estimate of drug-likeness (QED) is 0.167. The first-order valence-electron chi connectivity index (χ1n) is 28.4. The Morgan fingerprint density at radius 2 is 0.702 bits per heavy atom. The van der Waals surface area contributed by atoms with Gasteiger partial charge in [0.1, 0.15) is 0 Å². The van der Waals surface area contributed by atoms with E-state index in [-0.39, 0.29) is 55.0 Å². The predicted octanol–water partition coefficient (Wildman–Crippen LogP) is 14.3. The van der Waals surface area contributed by atoms with Crippen LogP contribution in [-0.4, -0.2) is 13.7 Å². The molecule has 0 bridgehead atoms. The van der Waals surface area contributed by atoms with Gasteiger partial charge in [-0.05, 0) is 94.9 Å². The maximum Gasteiger partial charge on any atom is 0.0667 e. The maximum absolute atomic E-state index is 10.1. The first kappa shape index (κ1) is 17.5. The molecule has 9 aromatic carbocycles. The molecule has 3 aromatic heterocycles. The highest BCUT2D eigenvalue weighted by atomic mass is 15.0. The van der Waals surface area contributed by atoms with Crippen molar-refractivity contribution in [3.63, 3.8) is 0 Å². The van der Waals surface area contributed by atoms with E-state index in [1.54, 1.807) is 54.6 Å². The molecule has 0 aliphatic rings. The van der Waals surface area contributed by atoms with Crippen LogP contribution in [0.25, 0.3) is 105 Å². The van der Waals surface area contributed by atoms with Crippen LogP contribution in [0.4, 0.5) is 0 Å². The summed E-state index contributed by atoms with van der Waals surface area (Å²) in [5, 5.41) is -1.69. The first-order valence-corrected chi connectivity index (χ1v) is 17.9. The highest BCUT2D eigenvalue weighted by Gasteiger charge is 2.18. The summed E-state index contributed by atoms with van der Waals surface area (Å²) in [4.78, 5) is 0. The Morgan fingerprint density at radius 1 is 0.263 bits per heavy atom. The van der Waals surface area contributed by atoms with Gasteiger partial charge in [0, 0.05) is 49.4 Å². The van der Waals surface area contributed by atoms with Gasteiger partial charge in [0.15, 0.2) is 0 Å². The van der Waals surface area contributed by atoms with Gasteiger partial charge in [-0.3, -0.25) is 0 Å². The molecule has 0 unspecified atom stereocenters. The summed E-state index contributed by atoms with van der Waals surface area (Å²) in [7, 11) is 0. The molecule has 0 saturated carbocycles. The van der Waals surface area contributed by atoms with Gasteiger partial charge in [0.05, 0.1) is 61.9 Å². The molecule has 0 atom stereocenters. The topological polar surface area (TPSA) is 14.8 Å². The number of rotatable bonds is 5. The van der Waals surface area contributed by atoms with Crippen LogP contribution < -0.4 is 0 Å². The average Bonchev–Trinajstić information content (AvgIpc) is 4.05. The lowest BCUT2D eigenvalue weighted by Gasteiger charge is -2.12. The number of hydrogen-bond acceptors (Lipinski definition) is 0. The van der Waals surface area contributed by atoms with E-state index in [0.717, 1.165) is 15.7 Å². The lowest BCUT2D eigenvalue weighted by atomic mass is 10.0. The van der Waals surface area contributed by atoms with Crippen LogP contribution in [0, 0.1) is 0 Å². The van der Waals surface area contributed by atoms with E-state index in [1.165, 1.54) is 9.13 Å². The molecule has 0 saturated heterocycles. The molecule has 0 amide bonds. The standard InChI is InChI=1S/C54H35N3/c1-3-13-36(14-4-1)37-23-27-41(28-24-37)56-50-21-11-7-17-43(50)46-30-25-39(34-53(46)56)38-26-32-52-48(33-38)45-19-9-12-22-51(45)57(52)42-29-31-47-44-18-8-10-20-49(44)55(54(47)35-42)40-15-5-2-6-16-40/h1-35H/i7D,8D,9D,10D,11D,12D,17D,18D,19D,20D,21D,22D,25D,26D,29D,30D,31D,32D,33D,34D,35D. The van der Waals surface area contributed by atoms with E-state index in [9.17, 15) is 15.1 Å². The van der Waals surface area contributed by atoms with Crippen LogP contribution in [0.2, 0.25) is 0 Å². The van der Waals surface area contributed by atoms with Gasteiger partial charge in [0.25, 0.3) is 0 Å². The highest BCUT2D eigenvalue weighted by Crippen LogP contribution is 2.40. The Labute approximate surface area is 359 Å². The van der Waals surface area contributed by atoms with E-state index in [0.29, 0.717) is 0 Å². The van der Waals surface area contributed by atoms with Crippen molar-refractivity contribution < 1.29 is 28.8 Å². The zero-order valence-electron chi connectivity index (χ0n) is 50.4. The van der Waals surface area contributed by atoms with E-state index in [2.05, 4.69) is 0 Å². The van der Waals surface area contributed by atoms with Crippen LogP contribution in [-0.2, 0) is 0 Å². The van der Waals surface area contributed by atoms with Gasteiger partial charge >= 0.3 is 0 Å². The van der Waals surface area contributed by atoms with Crippen molar-refractivity contribution in [1.29, 1.82) is 0 Å². The Balaban J connectivity index is 1.24. The Bertz CT molecular complexity index is 4720. The van der Waals surface area contributed by atoms with Crippen molar-refractivity contribution >= 4 is 65.4 Å². The van der Waals surface area contributed by atoms with Gasteiger partial charge < -0.3 is 13.7 Å². The van der Waals surface area contributed by atoms with E-state index in [1.807, 2.05) is 30.3 Å². The number of hydrogen-bond donors (Lipinski definition) is 0. The number of nitrogens with zero attached hydrogens (tertiary/aromatic N) is 3. The van der Waals surface area contributed by atoms with E-state index >= 15 is 0 Å². The predicted molar refractivity (Wildman–Crippen MR) is 240 cm³/mol. The van der Waals surface area contributed by atoms with Crippen LogP contribution in [0.1, 0.15) is 28.8 Å². The number of aromatic nitrogens is 3. The summed E-state index contributed by atoms with van der Waals surface area (Å²) >= 11 is 0. The molecule has 3 heterocycles. The lowest BCUT2D eigenvalue weighted by molar-refractivity contribution is 1.15. The molecule has 266 valence electrons. The highest BCUT2D eigenvalue weighted by molar-refractivity contribution is 6.14. The third kappa shape index (κ3) is 4.86. The van der Waals surface area contributed by atoms with E-state index in [4.69, 9.17) is 13.7 Å². The van der Waals surface area contributed by atoms with Crippen molar-refractivity contribution in [2.75, 3.05) is 0 Å². The van der Waals surface area contributed by atoms with E-state index < -0.39 is 166 Å². The molecule has 0 spiro atoms. The Kier molecular flexibility index (Phi) is 3.81. The molecule has 57 heavy (non-hydrogen) atoms. The maximum atomic E-state index is 10.1. The minimum absolute atomic E-state index is 0.137. The molecule has 3 heteroatoms. The fourth-order valence-corrected chi connectivity index (χ4v) is 7.64. The van der Waals surface area contributed by atoms with Gasteiger partial charge in [-0.2, -0.15) is 0 Å². The smallest absolute Gasteiger partial charge is 0.0667 e. The zero-order chi connectivity index (χ0) is 55.7. The SMILES string of the molecule is [2H]c1c([2H])c([2H])c2c(c1[2H])c1c([2H])c([2H])c(-c3c([2H])c([2H])c4c(c3[2H])c3c([2H])c([2H])c([2H])c([2H])c3n4-c3c([2H])c([2H])c4c5c([2H])c([2H])c([2H])c([2H])c5n(-c5ccccc5)c4c3[2H])c([2H])c1n2-c1ccc(-c2ccccc2)cc1. The molecule has 12 aromatic rings. The molecular formula is C54H35N3.